The summed E-state index contributed by atoms with van der Waals surface area (Å²) >= 11 is 0. The molecule has 0 bridgehead atoms. The van der Waals surface area contributed by atoms with Crippen LogP contribution < -0.4 is 4.72 Å². The molecule has 0 aliphatic heterocycles. The monoisotopic (exact) mass is 475 g/mol. The molecule has 3 rings (SSSR count). The van der Waals surface area contributed by atoms with Crippen molar-refractivity contribution >= 4 is 19.9 Å². The maximum Gasteiger partial charge on any atom is 0.240 e. The average Bonchev–Trinajstić information content (AvgIpc) is 2.78. The van der Waals surface area contributed by atoms with Gasteiger partial charge in [-0.1, -0.05) is 57.2 Å². The van der Waals surface area contributed by atoms with Crippen molar-refractivity contribution < 1.29 is 21.2 Å². The van der Waals surface area contributed by atoms with Crippen LogP contribution >= 0.6 is 0 Å². The first-order chi connectivity index (χ1) is 15.0. The number of halogens is 1. The molecule has 0 aliphatic rings. The zero-order valence-corrected chi connectivity index (χ0v) is 19.8. The molecule has 3 aromatic carbocycles. The largest absolute Gasteiger partial charge is 0.240 e. The molecular formula is C24H26FNO4S2. The van der Waals surface area contributed by atoms with Gasteiger partial charge in [-0.15, -0.1) is 0 Å². The molecule has 5 nitrogen and oxygen atoms in total. The van der Waals surface area contributed by atoms with E-state index >= 15 is 0 Å². The molecule has 0 amide bonds. The first-order valence-corrected chi connectivity index (χ1v) is 13.2. The van der Waals surface area contributed by atoms with Gasteiger partial charge >= 0.3 is 0 Å². The molecule has 0 fully saturated rings. The summed E-state index contributed by atoms with van der Waals surface area (Å²) in [7, 11) is -8.00. The quantitative estimate of drug-likeness (QED) is 0.472. The van der Waals surface area contributed by atoms with Crippen LogP contribution in [0.5, 0.6) is 0 Å². The van der Waals surface area contributed by atoms with Gasteiger partial charge in [-0.3, -0.25) is 0 Å². The van der Waals surface area contributed by atoms with E-state index in [9.17, 15) is 21.2 Å². The second-order valence-electron chi connectivity index (χ2n) is 7.98. The van der Waals surface area contributed by atoms with Crippen LogP contribution in [0.1, 0.15) is 43.7 Å². The molecule has 0 heterocycles. The highest BCUT2D eigenvalue weighted by atomic mass is 32.2. The van der Waals surface area contributed by atoms with E-state index in [1.165, 1.54) is 18.2 Å². The third-order valence-corrected chi connectivity index (χ3v) is 8.53. The zero-order valence-electron chi connectivity index (χ0n) is 18.1. The van der Waals surface area contributed by atoms with E-state index in [0.717, 1.165) is 29.8 Å². The third-order valence-electron chi connectivity index (χ3n) is 5.28. The van der Waals surface area contributed by atoms with Crippen molar-refractivity contribution in [2.75, 3.05) is 6.54 Å². The number of benzene rings is 3. The highest BCUT2D eigenvalue weighted by Gasteiger charge is 2.26. The minimum atomic E-state index is -4.01. The smallest absolute Gasteiger partial charge is 0.219 e. The van der Waals surface area contributed by atoms with E-state index in [0.29, 0.717) is 5.56 Å². The zero-order chi connectivity index (χ0) is 23.5. The Morgan fingerprint density at radius 1 is 0.812 bits per heavy atom. The van der Waals surface area contributed by atoms with Crippen molar-refractivity contribution in [3.05, 3.63) is 89.7 Å². The Morgan fingerprint density at radius 3 is 2.00 bits per heavy atom. The van der Waals surface area contributed by atoms with Crippen molar-refractivity contribution in [1.82, 2.24) is 4.72 Å². The highest BCUT2D eigenvalue weighted by molar-refractivity contribution is 7.91. The Balaban J connectivity index is 1.97. The molecule has 0 aromatic heterocycles. The summed E-state index contributed by atoms with van der Waals surface area (Å²) < 4.78 is 68.3. The third kappa shape index (κ3) is 5.26. The van der Waals surface area contributed by atoms with Gasteiger partial charge in [-0.05, 0) is 59.4 Å². The van der Waals surface area contributed by atoms with Gasteiger partial charge in [0.1, 0.15) is 5.82 Å². The molecule has 32 heavy (non-hydrogen) atoms. The lowest BCUT2D eigenvalue weighted by atomic mass is 10.0. The lowest BCUT2D eigenvalue weighted by Gasteiger charge is -2.18. The van der Waals surface area contributed by atoms with Crippen molar-refractivity contribution in [1.29, 1.82) is 0 Å². The number of hydrogen-bond acceptors (Lipinski definition) is 4. The van der Waals surface area contributed by atoms with Gasteiger partial charge in [0.25, 0.3) is 0 Å². The Morgan fingerprint density at radius 2 is 1.41 bits per heavy atom. The summed E-state index contributed by atoms with van der Waals surface area (Å²) in [6, 6.07) is 18.1. The lowest BCUT2D eigenvalue weighted by Crippen LogP contribution is -2.29. The molecule has 0 aliphatic carbocycles. The summed E-state index contributed by atoms with van der Waals surface area (Å²) in [5, 5.41) is 0. The lowest BCUT2D eigenvalue weighted by molar-refractivity contribution is 0.572. The van der Waals surface area contributed by atoms with Crippen molar-refractivity contribution in [3.63, 3.8) is 0 Å². The first kappa shape index (κ1) is 24.1. The standard InChI is InChI=1S/C24H26FNO4S2/c1-17(2)23-14-13-22(31(27,28)21-11-9-20(25)10-12-21)15-24(23)32(29,30)26-16-18(3)19-7-5-4-6-8-19/h4-15,17-18,26H,16H2,1-3H3/t18-/m1/s1. The van der Waals surface area contributed by atoms with E-state index in [1.54, 1.807) is 0 Å². The molecule has 0 saturated heterocycles. The fraction of sp³-hybridized carbons (Fsp3) is 0.250. The molecule has 1 atom stereocenters. The molecule has 3 aromatic rings. The number of sulfone groups is 1. The van der Waals surface area contributed by atoms with Gasteiger partial charge in [-0.25, -0.2) is 25.9 Å². The molecule has 170 valence electrons. The van der Waals surface area contributed by atoms with E-state index in [2.05, 4.69) is 4.72 Å². The minimum absolute atomic E-state index is 0.0698. The first-order valence-electron chi connectivity index (χ1n) is 10.2. The Labute approximate surface area is 189 Å². The average molecular weight is 476 g/mol. The maximum absolute atomic E-state index is 13.2. The molecule has 1 N–H and O–H groups in total. The summed E-state index contributed by atoms with van der Waals surface area (Å²) in [4.78, 5) is -0.342. The number of nitrogens with one attached hydrogen (secondary N) is 1. The van der Waals surface area contributed by atoms with Crippen molar-refractivity contribution in [3.8, 4) is 0 Å². The minimum Gasteiger partial charge on any atom is -0.219 e. The van der Waals surface area contributed by atoms with Crippen molar-refractivity contribution in [2.45, 2.75) is 47.3 Å². The van der Waals surface area contributed by atoms with E-state index in [-0.39, 0.29) is 33.1 Å². The Kier molecular flexibility index (Phi) is 7.17. The normalized spacial score (nSPS) is 13.3. The number of rotatable bonds is 8. The van der Waals surface area contributed by atoms with Crippen LogP contribution in [0.4, 0.5) is 4.39 Å². The topological polar surface area (TPSA) is 80.3 Å². The van der Waals surface area contributed by atoms with Gasteiger partial charge in [0.05, 0.1) is 14.7 Å². The highest BCUT2D eigenvalue weighted by Crippen LogP contribution is 2.30. The number of sulfonamides is 1. The van der Waals surface area contributed by atoms with Crippen LogP contribution in [-0.2, 0) is 19.9 Å². The van der Waals surface area contributed by atoms with Gasteiger partial charge in [0.15, 0.2) is 0 Å². The second-order valence-corrected chi connectivity index (χ2v) is 11.7. The molecule has 8 heteroatoms. The maximum atomic E-state index is 13.2. The molecule has 0 saturated carbocycles. The number of hydrogen-bond donors (Lipinski definition) is 1. The second kappa shape index (κ2) is 9.52. The predicted octanol–water partition coefficient (Wildman–Crippen LogP) is 4.86. The molecule has 0 radical (unpaired) electrons. The van der Waals surface area contributed by atoms with Crippen LogP contribution in [0.15, 0.2) is 87.5 Å². The van der Waals surface area contributed by atoms with Crippen LogP contribution in [0.3, 0.4) is 0 Å². The van der Waals surface area contributed by atoms with Crippen LogP contribution in [0.25, 0.3) is 0 Å². The fourth-order valence-corrected chi connectivity index (χ4v) is 6.24. The Bertz CT molecular complexity index is 1290. The van der Waals surface area contributed by atoms with E-state index in [4.69, 9.17) is 0 Å². The predicted molar refractivity (Wildman–Crippen MR) is 122 cm³/mol. The van der Waals surface area contributed by atoms with Gasteiger partial charge in [0, 0.05) is 6.54 Å². The van der Waals surface area contributed by atoms with Crippen molar-refractivity contribution in [2.24, 2.45) is 0 Å². The molecule has 0 unspecified atom stereocenters. The van der Waals surface area contributed by atoms with E-state index < -0.39 is 25.7 Å². The van der Waals surface area contributed by atoms with E-state index in [1.807, 2.05) is 51.1 Å². The summed E-state index contributed by atoms with van der Waals surface area (Å²) in [5.74, 6) is -0.769. The van der Waals surface area contributed by atoms with Crippen LogP contribution in [0, 0.1) is 5.82 Å². The summed E-state index contributed by atoms with van der Waals surface area (Å²) in [6.07, 6.45) is 0. The van der Waals surface area contributed by atoms with Crippen LogP contribution in [0.2, 0.25) is 0 Å². The molecule has 0 spiro atoms. The van der Waals surface area contributed by atoms with Gasteiger partial charge in [0.2, 0.25) is 19.9 Å². The van der Waals surface area contributed by atoms with Gasteiger partial charge in [-0.2, -0.15) is 0 Å². The van der Waals surface area contributed by atoms with Gasteiger partial charge < -0.3 is 0 Å². The Hall–Kier alpha value is -2.55. The summed E-state index contributed by atoms with van der Waals surface area (Å²) in [5.41, 5.74) is 1.51. The SMILES string of the molecule is CC(C)c1ccc(S(=O)(=O)c2ccc(F)cc2)cc1S(=O)(=O)NC[C@@H](C)c1ccccc1. The van der Waals surface area contributed by atoms with Crippen LogP contribution in [-0.4, -0.2) is 23.4 Å². The summed E-state index contributed by atoms with van der Waals surface area (Å²) in [6.45, 7) is 5.76. The fourth-order valence-electron chi connectivity index (χ4n) is 3.35. The molecular weight excluding hydrogens is 449 g/mol.